The Morgan fingerprint density at radius 3 is 2.53 bits per heavy atom. The van der Waals surface area contributed by atoms with Crippen LogP contribution in [0, 0.1) is 6.92 Å². The first-order valence-electron chi connectivity index (χ1n) is 6.73. The van der Waals surface area contributed by atoms with Crippen molar-refractivity contribution < 1.29 is 4.11 Å². The van der Waals surface area contributed by atoms with E-state index in [1.54, 1.807) is 4.90 Å². The number of nitrogen functional groups attached to an aromatic ring is 1. The number of hydrogen-bond acceptors (Lipinski definition) is 3. The van der Waals surface area contributed by atoms with Gasteiger partial charge in [0, 0.05) is 41.7 Å². The first-order chi connectivity index (χ1) is 8.36. The zero-order valence-electron chi connectivity index (χ0n) is 12.0. The number of piperazine rings is 1. The molecule has 1 aliphatic heterocycles. The van der Waals surface area contributed by atoms with Crippen LogP contribution in [0.15, 0.2) is 18.2 Å². The van der Waals surface area contributed by atoms with Gasteiger partial charge in [-0.05, 0) is 37.7 Å². The predicted molar refractivity (Wildman–Crippen MR) is 65.3 cm³/mol. The van der Waals surface area contributed by atoms with Crippen LogP contribution < -0.4 is 10.6 Å². The standard InChI is InChI=1S/C12H19N3/c1-10-7-11(13)9-12(8-10)15-5-3-14(2)4-6-15/h7-9H,3-6,13H2,1-2H3/i2D3. The molecule has 82 valence electrons. The summed E-state index contributed by atoms with van der Waals surface area (Å²) in [4.78, 5) is 3.73. The van der Waals surface area contributed by atoms with E-state index in [-0.39, 0.29) is 0 Å². The Hall–Kier alpha value is -1.22. The maximum atomic E-state index is 7.39. The van der Waals surface area contributed by atoms with E-state index in [1.807, 2.05) is 19.1 Å². The lowest BCUT2D eigenvalue weighted by Gasteiger charge is -2.34. The normalized spacial score (nSPS) is 21.9. The minimum Gasteiger partial charge on any atom is -0.399 e. The molecule has 0 bridgehead atoms. The molecule has 1 saturated heterocycles. The van der Waals surface area contributed by atoms with Crippen LogP contribution in [0.2, 0.25) is 0 Å². The fourth-order valence-electron chi connectivity index (χ4n) is 1.94. The first kappa shape index (κ1) is 7.12. The Bertz CT molecular complexity index is 403. The molecule has 0 aliphatic carbocycles. The van der Waals surface area contributed by atoms with E-state index in [1.165, 1.54) is 0 Å². The Labute approximate surface area is 95.7 Å². The highest BCUT2D eigenvalue weighted by Gasteiger charge is 2.14. The SMILES string of the molecule is [2H]C([2H])([2H])N1CCN(c2cc(C)cc(N)c2)CC1. The molecule has 1 aromatic carbocycles. The quantitative estimate of drug-likeness (QED) is 0.707. The molecule has 1 fully saturated rings. The topological polar surface area (TPSA) is 32.5 Å². The fourth-order valence-corrected chi connectivity index (χ4v) is 1.94. The molecule has 1 aromatic rings. The van der Waals surface area contributed by atoms with Crippen molar-refractivity contribution in [3.05, 3.63) is 23.8 Å². The molecule has 2 N–H and O–H groups in total. The third-order valence-electron chi connectivity index (χ3n) is 2.73. The van der Waals surface area contributed by atoms with E-state index in [4.69, 9.17) is 9.85 Å². The van der Waals surface area contributed by atoms with Crippen molar-refractivity contribution in [2.45, 2.75) is 6.92 Å². The molecule has 0 atom stereocenters. The average molecular weight is 208 g/mol. The fraction of sp³-hybridized carbons (Fsp3) is 0.500. The third-order valence-corrected chi connectivity index (χ3v) is 2.73. The molecule has 2 rings (SSSR count). The van der Waals surface area contributed by atoms with Crippen molar-refractivity contribution in [3.63, 3.8) is 0 Å². The van der Waals surface area contributed by atoms with Crippen LogP contribution in [0.25, 0.3) is 0 Å². The minimum atomic E-state index is -1.97. The molecular formula is C12H19N3. The molecule has 1 aliphatic rings. The Kier molecular flexibility index (Phi) is 1.95. The van der Waals surface area contributed by atoms with Crippen LogP contribution in [0.4, 0.5) is 11.4 Å². The molecular weight excluding hydrogens is 186 g/mol. The molecule has 0 saturated carbocycles. The predicted octanol–water partition coefficient (Wildman–Crippen LogP) is 1.33. The lowest BCUT2D eigenvalue weighted by molar-refractivity contribution is 0.313. The monoisotopic (exact) mass is 208 g/mol. The number of likely N-dealkylation sites (N-methyl/N-ethyl adjacent to an activating group) is 1. The number of nitrogens with two attached hydrogens (primary N) is 1. The van der Waals surface area contributed by atoms with Gasteiger partial charge < -0.3 is 15.5 Å². The lowest BCUT2D eigenvalue weighted by atomic mass is 10.1. The van der Waals surface area contributed by atoms with Gasteiger partial charge in [0.2, 0.25) is 0 Å². The zero-order chi connectivity index (χ0) is 13.3. The smallest absolute Gasteiger partial charge is 0.0394 e. The van der Waals surface area contributed by atoms with E-state index < -0.39 is 6.98 Å². The Morgan fingerprint density at radius 2 is 1.93 bits per heavy atom. The molecule has 1 heterocycles. The zero-order valence-corrected chi connectivity index (χ0v) is 9.03. The Balaban J connectivity index is 2.05. The highest BCUT2D eigenvalue weighted by Crippen LogP contribution is 2.21. The van der Waals surface area contributed by atoms with Crippen molar-refractivity contribution in [1.29, 1.82) is 0 Å². The van der Waals surface area contributed by atoms with Crippen molar-refractivity contribution in [2.75, 3.05) is 43.8 Å². The van der Waals surface area contributed by atoms with Crippen LogP contribution >= 0.6 is 0 Å². The van der Waals surface area contributed by atoms with Crippen LogP contribution in [-0.4, -0.2) is 38.1 Å². The number of aryl methyl sites for hydroxylation is 1. The summed E-state index contributed by atoms with van der Waals surface area (Å²) in [5.41, 5.74) is 8.80. The highest BCUT2D eigenvalue weighted by atomic mass is 15.2. The number of hydrogen-bond donors (Lipinski definition) is 1. The average Bonchev–Trinajstić information content (AvgIpc) is 2.27. The molecule has 0 aromatic heterocycles. The maximum absolute atomic E-state index is 7.39. The molecule has 15 heavy (non-hydrogen) atoms. The van der Waals surface area contributed by atoms with Crippen LogP contribution in [0.1, 0.15) is 9.68 Å². The third kappa shape index (κ3) is 2.42. The van der Waals surface area contributed by atoms with E-state index >= 15 is 0 Å². The largest absolute Gasteiger partial charge is 0.399 e. The van der Waals surface area contributed by atoms with Gasteiger partial charge in [0.15, 0.2) is 0 Å². The van der Waals surface area contributed by atoms with Gasteiger partial charge in [0.05, 0.1) is 0 Å². The lowest BCUT2D eigenvalue weighted by Crippen LogP contribution is -2.44. The van der Waals surface area contributed by atoms with E-state index in [9.17, 15) is 0 Å². The van der Waals surface area contributed by atoms with Crippen molar-refractivity contribution in [3.8, 4) is 0 Å². The van der Waals surface area contributed by atoms with E-state index in [0.717, 1.165) is 30.0 Å². The van der Waals surface area contributed by atoms with Gasteiger partial charge in [-0.3, -0.25) is 0 Å². The van der Waals surface area contributed by atoms with Crippen LogP contribution in [0.5, 0.6) is 0 Å². The van der Waals surface area contributed by atoms with E-state index in [0.29, 0.717) is 13.1 Å². The van der Waals surface area contributed by atoms with Gasteiger partial charge in [-0.1, -0.05) is 0 Å². The van der Waals surface area contributed by atoms with Crippen LogP contribution in [0.3, 0.4) is 0 Å². The van der Waals surface area contributed by atoms with Gasteiger partial charge in [0.1, 0.15) is 0 Å². The minimum absolute atomic E-state index is 0.560. The van der Waals surface area contributed by atoms with Crippen molar-refractivity contribution in [1.82, 2.24) is 4.90 Å². The Morgan fingerprint density at radius 1 is 1.20 bits per heavy atom. The van der Waals surface area contributed by atoms with Crippen molar-refractivity contribution in [2.24, 2.45) is 0 Å². The summed E-state index contributed by atoms with van der Waals surface area (Å²) in [6.45, 7) is 2.60. The highest BCUT2D eigenvalue weighted by molar-refractivity contribution is 5.58. The summed E-state index contributed by atoms with van der Waals surface area (Å²) in [7, 11) is 0. The summed E-state index contributed by atoms with van der Waals surface area (Å²) in [6.07, 6.45) is 0. The number of benzene rings is 1. The van der Waals surface area contributed by atoms with Gasteiger partial charge in [-0.15, -0.1) is 0 Å². The second-order valence-corrected chi connectivity index (χ2v) is 4.08. The summed E-state index contributed by atoms with van der Waals surface area (Å²) in [5, 5.41) is 0. The number of anilines is 2. The summed E-state index contributed by atoms with van der Waals surface area (Å²) < 4.78 is 22.2. The summed E-state index contributed by atoms with van der Waals surface area (Å²) in [6, 6.07) is 5.96. The van der Waals surface area contributed by atoms with E-state index in [2.05, 4.69) is 11.0 Å². The van der Waals surface area contributed by atoms with Gasteiger partial charge in [0.25, 0.3) is 0 Å². The number of rotatable bonds is 1. The maximum Gasteiger partial charge on any atom is 0.0394 e. The van der Waals surface area contributed by atoms with Gasteiger partial charge in [-0.25, -0.2) is 0 Å². The molecule has 0 amide bonds. The molecule has 3 nitrogen and oxygen atoms in total. The van der Waals surface area contributed by atoms with Gasteiger partial charge in [-0.2, -0.15) is 0 Å². The van der Waals surface area contributed by atoms with Crippen molar-refractivity contribution >= 4 is 11.4 Å². The second kappa shape index (κ2) is 4.11. The summed E-state index contributed by atoms with van der Waals surface area (Å²) >= 11 is 0. The molecule has 0 unspecified atom stereocenters. The van der Waals surface area contributed by atoms with Gasteiger partial charge >= 0.3 is 0 Å². The molecule has 0 spiro atoms. The second-order valence-electron chi connectivity index (χ2n) is 4.08. The number of nitrogens with zero attached hydrogens (tertiary/aromatic N) is 2. The molecule has 3 heteroatoms. The first-order valence-corrected chi connectivity index (χ1v) is 5.23. The molecule has 0 radical (unpaired) electrons. The van der Waals surface area contributed by atoms with Crippen LogP contribution in [-0.2, 0) is 0 Å². The summed E-state index contributed by atoms with van der Waals surface area (Å²) in [5.74, 6) is 0.